The van der Waals surface area contributed by atoms with Gasteiger partial charge in [-0.1, -0.05) is 0 Å². The Bertz CT molecular complexity index is 718. The summed E-state index contributed by atoms with van der Waals surface area (Å²) < 4.78 is 6.99. The molecular weight excluding hydrogens is 236 g/mol. The highest BCUT2D eigenvalue weighted by Crippen LogP contribution is 2.34. The minimum atomic E-state index is -0.499. The smallest absolute Gasteiger partial charge is 0.329 e. The molecule has 0 saturated carbocycles. The molecule has 3 rings (SSSR count). The summed E-state index contributed by atoms with van der Waals surface area (Å²) in [6.45, 7) is 2.62. The molecule has 1 unspecified atom stereocenters. The minimum absolute atomic E-state index is 0.309. The fourth-order valence-corrected chi connectivity index (χ4v) is 2.32. The lowest BCUT2D eigenvalue weighted by atomic mass is 10.0. The van der Waals surface area contributed by atoms with Gasteiger partial charge < -0.3 is 9.72 Å². The predicted molar refractivity (Wildman–Crippen MR) is 64.5 cm³/mol. The molecule has 1 aliphatic heterocycles. The quantitative estimate of drug-likeness (QED) is 0.743. The minimum Gasteiger partial charge on any atom is -0.367 e. The first-order chi connectivity index (χ1) is 8.51. The summed E-state index contributed by atoms with van der Waals surface area (Å²) in [5.74, 6) is 0.599. The zero-order valence-corrected chi connectivity index (χ0v) is 10.2. The molecule has 0 aliphatic carbocycles. The Labute approximate surface area is 102 Å². The topological polar surface area (TPSA) is 92.8 Å². The lowest BCUT2D eigenvalue weighted by molar-refractivity contribution is 0.0102. The fourth-order valence-electron chi connectivity index (χ4n) is 2.32. The second-order valence-electron chi connectivity index (χ2n) is 4.79. The number of ether oxygens (including phenoxy) is 1. The maximum absolute atomic E-state index is 11.7. The van der Waals surface area contributed by atoms with Gasteiger partial charge in [0.05, 0.1) is 0 Å². The van der Waals surface area contributed by atoms with Crippen molar-refractivity contribution in [2.75, 3.05) is 6.61 Å². The van der Waals surface area contributed by atoms with Crippen LogP contribution in [0, 0.1) is 0 Å². The van der Waals surface area contributed by atoms with Crippen molar-refractivity contribution in [2.45, 2.75) is 25.4 Å². The summed E-state index contributed by atoms with van der Waals surface area (Å²) in [7, 11) is 1.57. The third-order valence-electron chi connectivity index (χ3n) is 3.47. The number of aromatic nitrogens is 4. The zero-order valence-electron chi connectivity index (χ0n) is 10.2. The van der Waals surface area contributed by atoms with E-state index in [1.165, 1.54) is 4.57 Å². The van der Waals surface area contributed by atoms with E-state index >= 15 is 0 Å². The van der Waals surface area contributed by atoms with Crippen LogP contribution in [0.1, 0.15) is 25.6 Å². The van der Waals surface area contributed by atoms with E-state index < -0.39 is 16.9 Å². The number of hydrogen-bond acceptors (Lipinski definition) is 4. The van der Waals surface area contributed by atoms with Crippen molar-refractivity contribution in [3.8, 4) is 0 Å². The molecule has 3 heterocycles. The van der Waals surface area contributed by atoms with Gasteiger partial charge in [-0.3, -0.25) is 14.3 Å². The van der Waals surface area contributed by atoms with Gasteiger partial charge in [0.15, 0.2) is 5.65 Å². The van der Waals surface area contributed by atoms with Crippen molar-refractivity contribution in [3.05, 3.63) is 26.7 Å². The van der Waals surface area contributed by atoms with Gasteiger partial charge in [0, 0.05) is 13.7 Å². The third kappa shape index (κ3) is 1.43. The maximum Gasteiger partial charge on any atom is 0.329 e. The van der Waals surface area contributed by atoms with Gasteiger partial charge in [0.2, 0.25) is 0 Å². The summed E-state index contributed by atoms with van der Waals surface area (Å²) in [6.07, 6.45) is 1.81. The number of hydrogen-bond donors (Lipinski definition) is 2. The first-order valence-corrected chi connectivity index (χ1v) is 5.85. The number of aromatic amines is 2. The molecular formula is C11H14N4O3. The average molecular weight is 250 g/mol. The number of H-pyrrole nitrogens is 2. The standard InChI is InChI=1S/C11H14N4O3/c1-11(4-3-5-18-11)9-12-6-7(13-9)15(2)10(17)14-8(6)16/h3-5H2,1-2H3,(H,12,13)(H,14,16,17). The van der Waals surface area contributed by atoms with Crippen LogP contribution >= 0.6 is 0 Å². The Morgan fingerprint density at radius 3 is 2.83 bits per heavy atom. The molecule has 0 amide bonds. The second-order valence-corrected chi connectivity index (χ2v) is 4.79. The van der Waals surface area contributed by atoms with Crippen LogP contribution in [0.5, 0.6) is 0 Å². The molecule has 7 heteroatoms. The van der Waals surface area contributed by atoms with Gasteiger partial charge in [-0.05, 0) is 19.8 Å². The van der Waals surface area contributed by atoms with E-state index in [9.17, 15) is 9.59 Å². The van der Waals surface area contributed by atoms with E-state index in [1.807, 2.05) is 6.92 Å². The largest absolute Gasteiger partial charge is 0.367 e. The van der Waals surface area contributed by atoms with Crippen molar-refractivity contribution in [2.24, 2.45) is 7.05 Å². The van der Waals surface area contributed by atoms with Crippen molar-refractivity contribution >= 4 is 11.2 Å². The monoisotopic (exact) mass is 250 g/mol. The lowest BCUT2D eigenvalue weighted by Crippen LogP contribution is -2.28. The van der Waals surface area contributed by atoms with Crippen LogP contribution in [0.2, 0.25) is 0 Å². The van der Waals surface area contributed by atoms with Gasteiger partial charge in [0.25, 0.3) is 5.56 Å². The van der Waals surface area contributed by atoms with Gasteiger partial charge in [-0.25, -0.2) is 9.78 Å². The van der Waals surface area contributed by atoms with E-state index in [-0.39, 0.29) is 0 Å². The van der Waals surface area contributed by atoms with E-state index in [0.29, 0.717) is 23.6 Å². The Morgan fingerprint density at radius 1 is 1.39 bits per heavy atom. The highest BCUT2D eigenvalue weighted by atomic mass is 16.5. The van der Waals surface area contributed by atoms with Crippen molar-refractivity contribution in [3.63, 3.8) is 0 Å². The summed E-state index contributed by atoms with van der Waals surface area (Å²) in [4.78, 5) is 32.8. The summed E-state index contributed by atoms with van der Waals surface area (Å²) in [5, 5.41) is 0. The Morgan fingerprint density at radius 2 is 2.17 bits per heavy atom. The normalized spacial score (nSPS) is 23.9. The molecule has 0 bridgehead atoms. The number of imidazole rings is 1. The first kappa shape index (κ1) is 11.2. The highest BCUT2D eigenvalue weighted by molar-refractivity contribution is 5.69. The van der Waals surface area contributed by atoms with Gasteiger partial charge in [-0.2, -0.15) is 0 Å². The molecule has 0 aromatic carbocycles. The molecule has 0 spiro atoms. The van der Waals surface area contributed by atoms with Gasteiger partial charge in [0.1, 0.15) is 16.9 Å². The third-order valence-corrected chi connectivity index (χ3v) is 3.47. The van der Waals surface area contributed by atoms with Crippen LogP contribution in [0.3, 0.4) is 0 Å². The molecule has 7 nitrogen and oxygen atoms in total. The van der Waals surface area contributed by atoms with Crippen molar-refractivity contribution in [1.82, 2.24) is 19.5 Å². The molecule has 0 radical (unpaired) electrons. The highest BCUT2D eigenvalue weighted by Gasteiger charge is 2.35. The number of nitrogens with zero attached hydrogens (tertiary/aromatic N) is 2. The summed E-state index contributed by atoms with van der Waals surface area (Å²) in [6, 6.07) is 0. The molecule has 2 aromatic heterocycles. The Hall–Kier alpha value is -1.89. The number of rotatable bonds is 1. The van der Waals surface area contributed by atoms with Crippen LogP contribution in [0.15, 0.2) is 9.59 Å². The maximum atomic E-state index is 11.7. The number of fused-ring (bicyclic) bond motifs is 1. The second kappa shape index (κ2) is 3.55. The van der Waals surface area contributed by atoms with E-state index in [4.69, 9.17) is 4.74 Å². The zero-order chi connectivity index (χ0) is 12.9. The molecule has 1 saturated heterocycles. The lowest BCUT2D eigenvalue weighted by Gasteiger charge is -2.19. The van der Waals surface area contributed by atoms with Crippen molar-refractivity contribution in [1.29, 1.82) is 0 Å². The molecule has 2 aromatic rings. The average Bonchev–Trinajstić information content (AvgIpc) is 2.93. The van der Waals surface area contributed by atoms with Crippen LogP contribution in [0.25, 0.3) is 11.2 Å². The Kier molecular flexibility index (Phi) is 2.21. The fraction of sp³-hybridized carbons (Fsp3) is 0.545. The molecule has 18 heavy (non-hydrogen) atoms. The van der Waals surface area contributed by atoms with E-state index in [2.05, 4.69) is 15.0 Å². The number of aryl methyl sites for hydroxylation is 1. The van der Waals surface area contributed by atoms with Crippen LogP contribution in [0.4, 0.5) is 0 Å². The van der Waals surface area contributed by atoms with E-state index in [1.54, 1.807) is 7.05 Å². The molecule has 96 valence electrons. The van der Waals surface area contributed by atoms with Crippen LogP contribution < -0.4 is 11.2 Å². The Balaban J connectivity index is 2.29. The van der Waals surface area contributed by atoms with Crippen LogP contribution in [-0.2, 0) is 17.4 Å². The molecule has 1 fully saturated rings. The van der Waals surface area contributed by atoms with E-state index in [0.717, 1.165) is 12.8 Å². The number of nitrogens with one attached hydrogen (secondary N) is 2. The van der Waals surface area contributed by atoms with Crippen LogP contribution in [-0.4, -0.2) is 26.1 Å². The van der Waals surface area contributed by atoms with Crippen molar-refractivity contribution < 1.29 is 4.74 Å². The molecule has 1 atom stereocenters. The SMILES string of the molecule is Cn1c(=O)[nH]c(=O)c2[nH]c(C3(C)CCCO3)nc21. The predicted octanol–water partition coefficient (Wildman–Crippen LogP) is -0.0245. The first-order valence-electron chi connectivity index (χ1n) is 5.85. The summed E-state index contributed by atoms with van der Waals surface area (Å²) >= 11 is 0. The summed E-state index contributed by atoms with van der Waals surface area (Å²) in [5.41, 5.74) is -0.752. The van der Waals surface area contributed by atoms with Gasteiger partial charge >= 0.3 is 5.69 Å². The molecule has 1 aliphatic rings. The van der Waals surface area contributed by atoms with Gasteiger partial charge in [-0.15, -0.1) is 0 Å². The molecule has 2 N–H and O–H groups in total.